The zero-order chi connectivity index (χ0) is 17.5. The second-order valence-corrected chi connectivity index (χ2v) is 6.69. The Balaban J connectivity index is 1.86. The second kappa shape index (κ2) is 8.80. The maximum atomic E-state index is 12.2. The van der Waals surface area contributed by atoms with E-state index in [1.807, 2.05) is 13.8 Å². The first-order valence-corrected chi connectivity index (χ1v) is 8.50. The van der Waals surface area contributed by atoms with Gasteiger partial charge >= 0.3 is 0 Å². The van der Waals surface area contributed by atoms with E-state index in [0.29, 0.717) is 36.9 Å². The summed E-state index contributed by atoms with van der Waals surface area (Å²) < 4.78 is 5.29. The molecule has 0 bridgehead atoms. The molecule has 6 heteroatoms. The van der Waals surface area contributed by atoms with Gasteiger partial charge in [0.15, 0.2) is 0 Å². The summed E-state index contributed by atoms with van der Waals surface area (Å²) >= 11 is 0. The fraction of sp³-hybridized carbons (Fsp3) is 0.556. The number of anilines is 2. The predicted octanol–water partition coefficient (Wildman–Crippen LogP) is 2.36. The average molecular weight is 333 g/mol. The first-order valence-electron chi connectivity index (χ1n) is 8.50. The minimum absolute atomic E-state index is 0.0108. The summed E-state index contributed by atoms with van der Waals surface area (Å²) in [6.07, 6.45) is 2.11. The summed E-state index contributed by atoms with van der Waals surface area (Å²) in [5.74, 6) is 0.283. The van der Waals surface area contributed by atoms with Gasteiger partial charge in [0.25, 0.3) is 0 Å². The van der Waals surface area contributed by atoms with Gasteiger partial charge in [-0.25, -0.2) is 0 Å². The Morgan fingerprint density at radius 1 is 1.12 bits per heavy atom. The molecular formula is C18H27N3O3. The molecule has 0 saturated carbocycles. The molecule has 1 unspecified atom stereocenters. The van der Waals surface area contributed by atoms with E-state index in [2.05, 4.69) is 10.6 Å². The molecule has 1 aliphatic heterocycles. The largest absolute Gasteiger partial charge is 0.381 e. The third-order valence-electron chi connectivity index (χ3n) is 4.11. The number of nitrogens with one attached hydrogen (secondary N) is 2. The van der Waals surface area contributed by atoms with Crippen molar-refractivity contribution in [2.24, 2.45) is 17.6 Å². The van der Waals surface area contributed by atoms with Crippen molar-refractivity contribution in [3.63, 3.8) is 0 Å². The molecule has 1 aromatic rings. The van der Waals surface area contributed by atoms with E-state index in [1.54, 1.807) is 24.3 Å². The van der Waals surface area contributed by atoms with Crippen LogP contribution in [-0.4, -0.2) is 31.1 Å². The second-order valence-electron chi connectivity index (χ2n) is 6.69. The highest BCUT2D eigenvalue weighted by Gasteiger charge is 2.26. The molecule has 1 fully saturated rings. The van der Waals surface area contributed by atoms with E-state index >= 15 is 0 Å². The van der Waals surface area contributed by atoms with Gasteiger partial charge in [0.1, 0.15) is 0 Å². The van der Waals surface area contributed by atoms with Gasteiger partial charge in [0.05, 0.1) is 6.04 Å². The molecule has 1 aliphatic rings. The molecule has 132 valence electrons. The smallest absolute Gasteiger partial charge is 0.241 e. The van der Waals surface area contributed by atoms with Gasteiger partial charge in [0.2, 0.25) is 11.8 Å². The maximum Gasteiger partial charge on any atom is 0.241 e. The van der Waals surface area contributed by atoms with Crippen molar-refractivity contribution in [3.05, 3.63) is 24.3 Å². The summed E-state index contributed by atoms with van der Waals surface area (Å²) in [5, 5.41) is 5.67. The van der Waals surface area contributed by atoms with Gasteiger partial charge in [-0.15, -0.1) is 0 Å². The lowest BCUT2D eigenvalue weighted by Gasteiger charge is -2.26. The van der Waals surface area contributed by atoms with Crippen LogP contribution in [0, 0.1) is 11.8 Å². The number of carbonyl (C=O) groups is 2. The molecule has 0 aliphatic carbocycles. The zero-order valence-electron chi connectivity index (χ0n) is 14.4. The highest BCUT2D eigenvalue weighted by atomic mass is 16.5. The minimum Gasteiger partial charge on any atom is -0.381 e. The van der Waals surface area contributed by atoms with Gasteiger partial charge in [-0.3, -0.25) is 9.59 Å². The lowest BCUT2D eigenvalue weighted by atomic mass is 9.92. The Morgan fingerprint density at radius 2 is 1.67 bits per heavy atom. The van der Waals surface area contributed by atoms with Crippen LogP contribution in [-0.2, 0) is 14.3 Å². The van der Waals surface area contributed by atoms with Crippen molar-refractivity contribution < 1.29 is 14.3 Å². The molecule has 0 aromatic heterocycles. The molecular weight excluding hydrogens is 306 g/mol. The van der Waals surface area contributed by atoms with Crippen LogP contribution in [0.15, 0.2) is 24.3 Å². The van der Waals surface area contributed by atoms with E-state index in [1.165, 1.54) is 0 Å². The summed E-state index contributed by atoms with van der Waals surface area (Å²) in [7, 11) is 0. The Hall–Kier alpha value is -1.92. The SMILES string of the molecule is CC(C)CC(=O)Nc1ccc(NC(=O)C(N)C2CCOCC2)cc1. The summed E-state index contributed by atoms with van der Waals surface area (Å²) in [4.78, 5) is 24.0. The minimum atomic E-state index is -0.528. The van der Waals surface area contributed by atoms with Crippen molar-refractivity contribution in [2.75, 3.05) is 23.8 Å². The lowest BCUT2D eigenvalue weighted by molar-refractivity contribution is -0.119. The Morgan fingerprint density at radius 3 is 2.21 bits per heavy atom. The molecule has 6 nitrogen and oxygen atoms in total. The molecule has 1 aromatic carbocycles. The molecule has 0 spiro atoms. The average Bonchev–Trinajstić information content (AvgIpc) is 2.56. The molecule has 0 radical (unpaired) electrons. The van der Waals surface area contributed by atoms with E-state index in [-0.39, 0.29) is 17.7 Å². The number of amides is 2. The first-order chi connectivity index (χ1) is 11.5. The van der Waals surface area contributed by atoms with Crippen LogP contribution >= 0.6 is 0 Å². The summed E-state index contributed by atoms with van der Waals surface area (Å²) in [6.45, 7) is 5.33. The fourth-order valence-electron chi connectivity index (χ4n) is 2.73. The van der Waals surface area contributed by atoms with Crippen molar-refractivity contribution in [1.82, 2.24) is 0 Å². The van der Waals surface area contributed by atoms with Crippen LogP contribution in [0.25, 0.3) is 0 Å². The number of rotatable bonds is 6. The quantitative estimate of drug-likeness (QED) is 0.745. The lowest BCUT2D eigenvalue weighted by Crippen LogP contribution is -2.43. The number of ether oxygens (including phenoxy) is 1. The molecule has 1 atom stereocenters. The maximum absolute atomic E-state index is 12.2. The molecule has 2 rings (SSSR count). The summed E-state index contributed by atoms with van der Waals surface area (Å²) in [5.41, 5.74) is 7.44. The first kappa shape index (κ1) is 18.4. The standard InChI is InChI=1S/C18H27N3O3/c1-12(2)11-16(22)20-14-3-5-15(6-4-14)21-18(23)17(19)13-7-9-24-10-8-13/h3-6,12-13,17H,7-11,19H2,1-2H3,(H,20,22)(H,21,23). The zero-order valence-corrected chi connectivity index (χ0v) is 14.4. The van der Waals surface area contributed by atoms with Gasteiger partial charge in [0, 0.05) is 31.0 Å². The van der Waals surface area contributed by atoms with Crippen LogP contribution in [0.5, 0.6) is 0 Å². The molecule has 4 N–H and O–H groups in total. The van der Waals surface area contributed by atoms with Gasteiger partial charge in [-0.05, 0) is 48.9 Å². The summed E-state index contributed by atoms with van der Waals surface area (Å²) in [6, 6.07) is 6.54. The number of hydrogen-bond donors (Lipinski definition) is 3. The van der Waals surface area contributed by atoms with Crippen LogP contribution in [0.1, 0.15) is 33.1 Å². The van der Waals surface area contributed by atoms with E-state index in [9.17, 15) is 9.59 Å². The Bertz CT molecular complexity index is 551. The van der Waals surface area contributed by atoms with Crippen LogP contribution < -0.4 is 16.4 Å². The van der Waals surface area contributed by atoms with Gasteiger partial charge < -0.3 is 21.1 Å². The van der Waals surface area contributed by atoms with Crippen molar-refractivity contribution in [1.29, 1.82) is 0 Å². The molecule has 1 saturated heterocycles. The third-order valence-corrected chi connectivity index (χ3v) is 4.11. The monoisotopic (exact) mass is 333 g/mol. The van der Waals surface area contributed by atoms with Gasteiger partial charge in [-0.1, -0.05) is 13.8 Å². The molecule has 2 amide bonds. The van der Waals surface area contributed by atoms with E-state index < -0.39 is 6.04 Å². The van der Waals surface area contributed by atoms with E-state index in [0.717, 1.165) is 12.8 Å². The van der Waals surface area contributed by atoms with Crippen molar-refractivity contribution >= 4 is 23.2 Å². The number of carbonyl (C=O) groups excluding carboxylic acids is 2. The highest BCUT2D eigenvalue weighted by molar-refractivity contribution is 5.95. The number of benzene rings is 1. The highest BCUT2D eigenvalue weighted by Crippen LogP contribution is 2.20. The normalized spacial score (nSPS) is 16.7. The predicted molar refractivity (Wildman–Crippen MR) is 94.7 cm³/mol. The number of nitrogens with two attached hydrogens (primary N) is 1. The van der Waals surface area contributed by atoms with Crippen LogP contribution in [0.2, 0.25) is 0 Å². The Kier molecular flexibility index (Phi) is 6.75. The van der Waals surface area contributed by atoms with Crippen LogP contribution in [0.3, 0.4) is 0 Å². The molecule has 1 heterocycles. The number of hydrogen-bond acceptors (Lipinski definition) is 4. The fourth-order valence-corrected chi connectivity index (χ4v) is 2.73. The van der Waals surface area contributed by atoms with Crippen LogP contribution in [0.4, 0.5) is 11.4 Å². The van der Waals surface area contributed by atoms with Crippen molar-refractivity contribution in [3.8, 4) is 0 Å². The van der Waals surface area contributed by atoms with Crippen molar-refractivity contribution in [2.45, 2.75) is 39.2 Å². The van der Waals surface area contributed by atoms with E-state index in [4.69, 9.17) is 10.5 Å². The Labute approximate surface area is 143 Å². The molecule has 24 heavy (non-hydrogen) atoms. The third kappa shape index (κ3) is 5.62. The topological polar surface area (TPSA) is 93.5 Å². The van der Waals surface area contributed by atoms with Gasteiger partial charge in [-0.2, -0.15) is 0 Å².